The van der Waals surface area contributed by atoms with Gasteiger partial charge in [-0.05, 0) is 93.9 Å². The molecule has 8 rings (SSSR count). The molecule has 0 spiro atoms. The van der Waals surface area contributed by atoms with Gasteiger partial charge in [0.25, 0.3) is 0 Å². The van der Waals surface area contributed by atoms with Crippen LogP contribution in [0.5, 0.6) is 0 Å². The Bertz CT molecular complexity index is 4330. The molecule has 0 fully saturated rings. The fraction of sp³-hybridized carbons (Fsp3) is 0.622. The monoisotopic (exact) mass is 2010 g/mol. The third-order valence-electron chi connectivity index (χ3n) is 29.5. The average molecular weight is 2010 g/mol. The maximum Gasteiger partial charge on any atom is 0.407 e. The first-order valence-electron chi connectivity index (χ1n) is 57.8. The molecule has 7 aromatic carbocycles. The van der Waals surface area contributed by atoms with E-state index in [1.807, 2.05) is 176 Å². The first-order valence-corrected chi connectivity index (χ1v) is 68.1. The van der Waals surface area contributed by atoms with Crippen LogP contribution in [0.25, 0.3) is 11.1 Å². The quantitative estimate of drug-likeness (QED) is 0.0159. The summed E-state index contributed by atoms with van der Waals surface area (Å²) in [7, 11) is -4.30. The number of esters is 4. The summed E-state index contributed by atoms with van der Waals surface area (Å²) >= 11 is 0. The molecule has 0 heterocycles. The molecule has 0 saturated carbocycles. The van der Waals surface area contributed by atoms with E-state index < -0.39 is 54.2 Å². The molecule has 3 N–H and O–H groups in total. The second-order valence-corrected chi connectivity index (χ2v) is 60.2. The lowest BCUT2D eigenvalue weighted by Gasteiger charge is -2.24. The van der Waals surface area contributed by atoms with E-state index in [2.05, 4.69) is 89.6 Å². The Labute approximate surface area is 873 Å². The highest BCUT2D eigenvalue weighted by Gasteiger charge is 2.34. The van der Waals surface area contributed by atoms with Crippen LogP contribution < -0.4 is 11.1 Å². The van der Waals surface area contributed by atoms with Gasteiger partial charge >= 0.3 is 30.0 Å². The fourth-order valence-electron chi connectivity index (χ4n) is 19.9. The largest absolute Gasteiger partial charge is 0.466 e. The molecule has 1 amide bonds. The van der Waals surface area contributed by atoms with Gasteiger partial charge in [-0.3, -0.25) is 24.0 Å². The van der Waals surface area contributed by atoms with E-state index >= 15 is 0 Å². The molecule has 794 valence electrons. The van der Waals surface area contributed by atoms with E-state index in [1.165, 1.54) is 326 Å². The lowest BCUT2D eigenvalue weighted by atomic mass is 9.90. The molecule has 0 radical (unpaired) electrons. The summed E-state index contributed by atoms with van der Waals surface area (Å²) in [5, 5.41) is 2.91. The Kier molecular flexibility index (Phi) is 67.7. The molecule has 0 unspecified atom stereocenters. The molecule has 4 atom stereocenters. The predicted octanol–water partition coefficient (Wildman–Crippen LogP) is 35.0. The van der Waals surface area contributed by atoms with Crippen molar-refractivity contribution in [3.05, 3.63) is 239 Å². The number of fused-ring (bicyclic) bond motifs is 3. The van der Waals surface area contributed by atoms with Gasteiger partial charge < -0.3 is 34.7 Å². The molecule has 0 aromatic heterocycles. The van der Waals surface area contributed by atoms with Gasteiger partial charge in [0, 0.05) is 12.3 Å². The van der Waals surface area contributed by atoms with Crippen molar-refractivity contribution in [2.24, 2.45) is 17.6 Å². The third-order valence-corrected chi connectivity index (χ3v) is 39.3. The zero-order valence-corrected chi connectivity index (χ0v) is 94.5. The summed E-state index contributed by atoms with van der Waals surface area (Å²) in [6, 6.07) is 70.6. The molecule has 1 aliphatic carbocycles. The smallest absolute Gasteiger partial charge is 0.407 e. The Morgan fingerprint density at radius 2 is 0.538 bits per heavy atom. The van der Waals surface area contributed by atoms with Gasteiger partial charge in [0.05, 0.1) is 68.3 Å². The summed E-state index contributed by atoms with van der Waals surface area (Å²) < 4.78 is 28.7. The van der Waals surface area contributed by atoms with Gasteiger partial charge in [-0.15, -0.1) is 0 Å². The number of nitrogens with two attached hydrogens (primary N) is 1. The lowest BCUT2D eigenvalue weighted by molar-refractivity contribution is -0.155. The minimum atomic E-state index is -1.56. The summed E-state index contributed by atoms with van der Waals surface area (Å²) in [6.07, 6.45) is 67.9. The van der Waals surface area contributed by atoms with Crippen molar-refractivity contribution in [1.29, 1.82) is 0 Å². The van der Waals surface area contributed by atoms with E-state index in [0.717, 1.165) is 68.2 Å². The van der Waals surface area contributed by atoms with E-state index in [4.69, 9.17) is 29.4 Å². The minimum absolute atomic E-state index is 0.0283. The number of alkyl carbamates (subject to hydrolysis) is 1. The minimum Gasteiger partial charge on any atom is -0.466 e. The van der Waals surface area contributed by atoms with Crippen molar-refractivity contribution in [2.45, 2.75) is 468 Å². The number of nitrogens with one attached hydrogen (secondary N) is 1. The van der Waals surface area contributed by atoms with Gasteiger partial charge in [0.1, 0.15) is 19.3 Å². The van der Waals surface area contributed by atoms with Gasteiger partial charge in [-0.2, -0.15) is 0 Å². The van der Waals surface area contributed by atoms with Crippen LogP contribution in [0.2, 0.25) is 75.5 Å². The molecule has 0 aliphatic heterocycles. The van der Waals surface area contributed by atoms with Crippen LogP contribution in [0.3, 0.4) is 0 Å². The van der Waals surface area contributed by atoms with Crippen LogP contribution >= 0.6 is 0 Å². The maximum atomic E-state index is 14.3. The zero-order chi connectivity index (χ0) is 103. The Morgan fingerprint density at radius 1 is 0.280 bits per heavy atom. The van der Waals surface area contributed by atoms with Gasteiger partial charge in [0.15, 0.2) is 5.78 Å². The first kappa shape index (κ1) is 124. The average Bonchev–Trinajstić information content (AvgIpc) is 1.61. The number of carbonyl (C=O) groups is 6. The highest BCUT2D eigenvalue weighted by atomic mass is 28.3. The molecule has 13 nitrogen and oxygen atoms in total. The molecule has 16 heteroatoms. The van der Waals surface area contributed by atoms with Crippen LogP contribution in [0, 0.1) is 11.8 Å². The normalized spacial score (nSPS) is 12.7. The van der Waals surface area contributed by atoms with E-state index in [0.29, 0.717) is 39.1 Å². The molecule has 0 saturated heterocycles. The van der Waals surface area contributed by atoms with Crippen molar-refractivity contribution in [1.82, 2.24) is 5.32 Å². The summed E-state index contributed by atoms with van der Waals surface area (Å²) in [4.78, 5) is 79.7. The van der Waals surface area contributed by atoms with E-state index in [1.54, 1.807) is 0 Å². The van der Waals surface area contributed by atoms with Crippen molar-refractivity contribution in [3.63, 3.8) is 0 Å². The number of ketones is 1. The van der Waals surface area contributed by atoms with E-state index in [9.17, 15) is 28.8 Å². The molecule has 1 aliphatic rings. The van der Waals surface area contributed by atoms with Gasteiger partial charge in [0.2, 0.25) is 0 Å². The van der Waals surface area contributed by atoms with Crippen molar-refractivity contribution >= 4 is 60.0 Å². The second-order valence-electron chi connectivity index (χ2n) is 44.2. The second kappa shape index (κ2) is 78.3. The number of Topliss-reactive ketones (excluding diaryl/α,β-unsaturated/α-hetero) is 1. The third kappa shape index (κ3) is 59.5. The highest BCUT2D eigenvalue weighted by molar-refractivity contribution is 6.78. The predicted molar refractivity (Wildman–Crippen MR) is 611 cm³/mol. The number of unbranched alkanes of at least 4 members (excludes halogenated alkanes) is 45. The van der Waals surface area contributed by atoms with Crippen molar-refractivity contribution < 1.29 is 52.5 Å². The van der Waals surface area contributed by atoms with Crippen LogP contribution in [0.1, 0.15) is 387 Å². The number of benzene rings is 7. The maximum absolute atomic E-state index is 14.3. The number of hydrogen-bond donors (Lipinski definition) is 2. The molecule has 0 bridgehead atoms. The highest BCUT2D eigenvalue weighted by Crippen LogP contribution is 2.45. The molecule has 7 aromatic rings. The number of hydrogen-bond acceptors (Lipinski definition) is 12. The SMILES string of the molecule is CCCCCCCCCCCCCCCCCC[Si](C)(C)CCOC(=O)[C@@H](CC(=O)OCc1ccccc1)Cc1ccccc1.CCCCCCCCCCCCCCCCCC[Si](C)(C)CCOC(=O)[C@@H](CC(=O)[C@H](Cc1ccccc1)NC(=O)OCC1c2ccccc2-c2ccccc21)Cc1ccccc1.CCCCCCCCCCCCCCCCCC[Si](C)(C)CCOC(=O)[C@@H](N)Cc1ccccc1. The van der Waals surface area contributed by atoms with Crippen LogP contribution in [-0.4, -0.2) is 98.5 Å². The van der Waals surface area contributed by atoms with Crippen molar-refractivity contribution in [3.8, 4) is 11.1 Å². The lowest BCUT2D eigenvalue weighted by Crippen LogP contribution is -2.44. The summed E-state index contributed by atoms with van der Waals surface area (Å²) in [5.74, 6) is -2.80. The molecular weight excluding hydrogens is 1810 g/mol. The van der Waals surface area contributed by atoms with Gasteiger partial charge in [-0.1, -0.05) is 587 Å². The number of amides is 1. The van der Waals surface area contributed by atoms with Crippen molar-refractivity contribution in [2.75, 3.05) is 26.4 Å². The number of ether oxygens (including phenoxy) is 5. The standard InChI is InChI=1S/C56H77NO5Si.C40H64O4Si.C31H57NO2Si/c1-4-5-6-7-8-9-10-11-12-13-14-15-16-17-18-29-39-63(2,3)40-38-61-55(59)47(41-45-30-21-19-22-31-45)43-54(58)53(42-46-32-23-20-24-33-46)57-56(60)62-44-52-50-36-27-25-34-48(50)49-35-26-28-37-51(49)52;1-4-5-6-7-8-9-10-11-12-13-14-15-16-17-18-25-31-45(2,3)32-30-43-40(42)38(33-36-26-21-19-22-27-36)34-39(41)44-35-37-28-23-20-24-29-37;1-4-5-6-7-8-9-10-11-12-13-14-15-16-17-18-22-26-35(2,3)27-25-34-31(33)30(32)28-29-23-20-19-21-24-29/h19-28,30-37,47,52-53H,4-18,29,38-44H2,1-3H3,(H,57,60);19-24,26-29,38H,4-18,25,30-35H2,1-3H3;19-21,23-24,30H,4-18,22,25-28,32H2,1-3H3/t47-,53+;38-;30-/m110/s1. The first-order chi connectivity index (χ1) is 69.6. The summed E-state index contributed by atoms with van der Waals surface area (Å²) in [6.45, 7) is 23.1. The van der Waals surface area contributed by atoms with Gasteiger partial charge in [-0.25, -0.2) is 4.79 Å². The van der Waals surface area contributed by atoms with Crippen LogP contribution in [0.15, 0.2) is 200 Å². The number of rotatable bonds is 81. The van der Waals surface area contributed by atoms with E-state index in [-0.39, 0.29) is 68.1 Å². The Morgan fingerprint density at radius 3 is 0.853 bits per heavy atom. The zero-order valence-electron chi connectivity index (χ0n) is 91.5. The number of carbonyl (C=O) groups excluding carboxylic acids is 6. The Hall–Kier alpha value is -8.03. The van der Waals surface area contributed by atoms with Crippen LogP contribution in [0.4, 0.5) is 4.79 Å². The molecule has 143 heavy (non-hydrogen) atoms. The Balaban J connectivity index is 0.000000345. The topological polar surface area (TPSA) is 187 Å². The molecular formula is C127H198N2O11Si3. The van der Waals surface area contributed by atoms with Crippen LogP contribution in [-0.2, 0) is 79.9 Å². The summed E-state index contributed by atoms with van der Waals surface area (Å²) in [5.41, 5.74) is 15.5. The fourth-order valence-corrected chi connectivity index (χ4v) is 26.3.